The van der Waals surface area contributed by atoms with Gasteiger partial charge in [-0.25, -0.2) is 19.9 Å². The van der Waals surface area contributed by atoms with E-state index in [0.717, 1.165) is 4.90 Å². The van der Waals surface area contributed by atoms with Crippen molar-refractivity contribution in [3.63, 3.8) is 0 Å². The molecule has 0 unspecified atom stereocenters. The van der Waals surface area contributed by atoms with Crippen molar-refractivity contribution in [2.24, 2.45) is 0 Å². The highest BCUT2D eigenvalue weighted by Crippen LogP contribution is 2.16. The van der Waals surface area contributed by atoms with E-state index in [2.05, 4.69) is 15.0 Å². The summed E-state index contributed by atoms with van der Waals surface area (Å²) in [7, 11) is 0. The number of amides is 2. The summed E-state index contributed by atoms with van der Waals surface area (Å²) >= 11 is 0. The molecule has 0 aliphatic carbocycles. The molecule has 1 aliphatic rings. The third kappa shape index (κ3) is 1.26. The summed E-state index contributed by atoms with van der Waals surface area (Å²) in [5.41, 5.74) is 0. The van der Waals surface area contributed by atoms with Crippen molar-refractivity contribution in [3.8, 4) is 0 Å². The highest BCUT2D eigenvalue weighted by molar-refractivity contribution is 6.18. The number of imide groups is 1. The normalized spacial score (nSPS) is 16.8. The lowest BCUT2D eigenvalue weighted by molar-refractivity contribution is -0.121. The fourth-order valence-corrected chi connectivity index (χ4v) is 1.15. The number of aromatic nitrogens is 3. The number of anilines is 1. The molecule has 0 bridgehead atoms. The third-order valence-electron chi connectivity index (χ3n) is 1.73. The van der Waals surface area contributed by atoms with Gasteiger partial charge < -0.3 is 0 Å². The van der Waals surface area contributed by atoms with E-state index in [0.29, 0.717) is 0 Å². The first-order valence-corrected chi connectivity index (χ1v) is 3.77. The zero-order valence-electron chi connectivity index (χ0n) is 6.67. The van der Waals surface area contributed by atoms with Gasteiger partial charge in [0.05, 0.1) is 0 Å². The Morgan fingerprint density at radius 1 is 1.08 bits per heavy atom. The lowest BCUT2D eigenvalue weighted by atomic mass is 10.4. The first-order chi connectivity index (χ1) is 6.29. The summed E-state index contributed by atoms with van der Waals surface area (Å²) in [6, 6.07) is 0. The molecule has 1 aromatic heterocycles. The number of nitrogens with zero attached hydrogens (tertiary/aromatic N) is 4. The van der Waals surface area contributed by atoms with Gasteiger partial charge in [-0.3, -0.25) is 9.59 Å². The Bertz CT molecular complexity index is 335. The van der Waals surface area contributed by atoms with Gasteiger partial charge in [-0.2, -0.15) is 0 Å². The van der Waals surface area contributed by atoms with Gasteiger partial charge in [-0.1, -0.05) is 0 Å². The molecule has 0 aromatic carbocycles. The molecule has 6 nitrogen and oxygen atoms in total. The molecule has 2 amide bonds. The lowest BCUT2D eigenvalue weighted by Crippen LogP contribution is -2.30. The van der Waals surface area contributed by atoms with Gasteiger partial charge in [0, 0.05) is 12.8 Å². The molecule has 1 saturated heterocycles. The van der Waals surface area contributed by atoms with Gasteiger partial charge in [0.1, 0.15) is 12.7 Å². The topological polar surface area (TPSA) is 76.1 Å². The Balaban J connectivity index is 2.36. The van der Waals surface area contributed by atoms with Crippen molar-refractivity contribution in [1.29, 1.82) is 0 Å². The van der Waals surface area contributed by atoms with Crippen molar-refractivity contribution in [2.45, 2.75) is 12.8 Å². The van der Waals surface area contributed by atoms with E-state index in [1.54, 1.807) is 0 Å². The fraction of sp³-hybridized carbons (Fsp3) is 0.286. The smallest absolute Gasteiger partial charge is 0.242 e. The maximum atomic E-state index is 11.2. The van der Waals surface area contributed by atoms with Gasteiger partial charge in [-0.15, -0.1) is 0 Å². The van der Waals surface area contributed by atoms with Gasteiger partial charge in [0.25, 0.3) is 0 Å². The van der Waals surface area contributed by atoms with Crippen LogP contribution in [0.3, 0.4) is 0 Å². The molecular formula is C7H6N4O2. The predicted molar refractivity (Wildman–Crippen MR) is 41.6 cm³/mol. The van der Waals surface area contributed by atoms with Gasteiger partial charge >= 0.3 is 0 Å². The van der Waals surface area contributed by atoms with Crippen molar-refractivity contribution in [1.82, 2.24) is 15.0 Å². The first kappa shape index (κ1) is 7.78. The quantitative estimate of drug-likeness (QED) is 0.543. The highest BCUT2D eigenvalue weighted by atomic mass is 16.2. The van der Waals surface area contributed by atoms with Crippen LogP contribution in [0.25, 0.3) is 0 Å². The molecule has 1 aliphatic heterocycles. The molecule has 6 heteroatoms. The molecule has 0 atom stereocenters. The van der Waals surface area contributed by atoms with Crippen LogP contribution in [0.2, 0.25) is 0 Å². The van der Waals surface area contributed by atoms with E-state index in [4.69, 9.17) is 0 Å². The summed E-state index contributed by atoms with van der Waals surface area (Å²) in [6.45, 7) is 0. The zero-order valence-corrected chi connectivity index (χ0v) is 6.67. The second kappa shape index (κ2) is 2.89. The fourth-order valence-electron chi connectivity index (χ4n) is 1.15. The number of hydrogen-bond donors (Lipinski definition) is 0. The monoisotopic (exact) mass is 178 g/mol. The van der Waals surface area contributed by atoms with E-state index in [1.807, 2.05) is 0 Å². The van der Waals surface area contributed by atoms with E-state index in [-0.39, 0.29) is 30.6 Å². The minimum absolute atomic E-state index is 0.113. The zero-order chi connectivity index (χ0) is 9.26. The second-order valence-corrected chi connectivity index (χ2v) is 2.56. The summed E-state index contributed by atoms with van der Waals surface area (Å²) in [5, 5.41) is 0. The molecule has 0 radical (unpaired) electrons. The van der Waals surface area contributed by atoms with Crippen LogP contribution in [0.1, 0.15) is 12.8 Å². The van der Waals surface area contributed by atoms with Crippen molar-refractivity contribution < 1.29 is 9.59 Å². The first-order valence-electron chi connectivity index (χ1n) is 3.77. The molecule has 1 aromatic rings. The average molecular weight is 178 g/mol. The average Bonchev–Trinajstić information content (AvgIpc) is 2.48. The molecule has 2 rings (SSSR count). The third-order valence-corrected chi connectivity index (χ3v) is 1.73. The Morgan fingerprint density at radius 2 is 1.62 bits per heavy atom. The van der Waals surface area contributed by atoms with Crippen molar-refractivity contribution in [2.75, 3.05) is 4.90 Å². The van der Waals surface area contributed by atoms with Crippen LogP contribution in [-0.4, -0.2) is 26.8 Å². The van der Waals surface area contributed by atoms with Crippen LogP contribution in [-0.2, 0) is 9.59 Å². The molecule has 0 N–H and O–H groups in total. The van der Waals surface area contributed by atoms with E-state index >= 15 is 0 Å². The SMILES string of the molecule is O=C1CCC(=O)N1c1ncncn1. The predicted octanol–water partition coefficient (Wildman–Crippen LogP) is -0.475. The van der Waals surface area contributed by atoms with Crippen LogP contribution in [0.15, 0.2) is 12.7 Å². The van der Waals surface area contributed by atoms with Gasteiger partial charge in [-0.05, 0) is 0 Å². The Hall–Kier alpha value is -1.85. The van der Waals surface area contributed by atoms with E-state index in [9.17, 15) is 9.59 Å². The van der Waals surface area contributed by atoms with Crippen LogP contribution in [0.4, 0.5) is 5.95 Å². The molecule has 1 fully saturated rings. The van der Waals surface area contributed by atoms with Gasteiger partial charge in [0.2, 0.25) is 17.8 Å². The van der Waals surface area contributed by atoms with Crippen LogP contribution >= 0.6 is 0 Å². The largest absolute Gasteiger partial charge is 0.274 e. The standard InChI is InChI=1S/C7H6N4O2/c12-5-1-2-6(13)11(5)7-9-3-8-4-10-7/h3-4H,1-2H2. The molecule has 0 saturated carbocycles. The summed E-state index contributed by atoms with van der Waals surface area (Å²) < 4.78 is 0. The maximum Gasteiger partial charge on any atom is 0.242 e. The Labute approximate surface area is 73.6 Å². The number of carbonyl (C=O) groups excluding carboxylic acids is 2. The lowest BCUT2D eigenvalue weighted by Gasteiger charge is -2.09. The molecular weight excluding hydrogens is 172 g/mol. The number of hydrogen-bond acceptors (Lipinski definition) is 5. The maximum absolute atomic E-state index is 11.2. The number of carbonyl (C=O) groups is 2. The van der Waals surface area contributed by atoms with Gasteiger partial charge in [0.15, 0.2) is 0 Å². The van der Waals surface area contributed by atoms with E-state index in [1.165, 1.54) is 12.7 Å². The Morgan fingerprint density at radius 3 is 2.15 bits per heavy atom. The molecule has 13 heavy (non-hydrogen) atoms. The highest BCUT2D eigenvalue weighted by Gasteiger charge is 2.31. The van der Waals surface area contributed by atoms with Crippen LogP contribution in [0, 0.1) is 0 Å². The summed E-state index contributed by atoms with van der Waals surface area (Å²) in [5.74, 6) is -0.394. The van der Waals surface area contributed by atoms with Crippen molar-refractivity contribution >= 4 is 17.8 Å². The minimum Gasteiger partial charge on any atom is -0.274 e. The van der Waals surface area contributed by atoms with E-state index < -0.39 is 0 Å². The van der Waals surface area contributed by atoms with Crippen LogP contribution in [0.5, 0.6) is 0 Å². The summed E-state index contributed by atoms with van der Waals surface area (Å²) in [4.78, 5) is 34.4. The molecule has 0 spiro atoms. The minimum atomic E-state index is -0.254. The molecule has 2 heterocycles. The Kier molecular flexibility index (Phi) is 1.73. The summed E-state index contributed by atoms with van der Waals surface area (Å²) in [6.07, 6.45) is 2.98. The van der Waals surface area contributed by atoms with Crippen molar-refractivity contribution in [3.05, 3.63) is 12.7 Å². The van der Waals surface area contributed by atoms with Crippen LogP contribution < -0.4 is 4.90 Å². The molecule has 66 valence electrons. The second-order valence-electron chi connectivity index (χ2n) is 2.56. The number of rotatable bonds is 1.